The zero-order valence-electron chi connectivity index (χ0n) is 34.1. The van der Waals surface area contributed by atoms with Gasteiger partial charge in [0, 0.05) is 25.7 Å². The number of benzene rings is 8. The lowest BCUT2D eigenvalue weighted by molar-refractivity contribution is 0.300. The minimum atomic E-state index is 0.246. The van der Waals surface area contributed by atoms with Crippen LogP contribution in [0.2, 0.25) is 0 Å². The number of phenols is 2. The third-order valence-electron chi connectivity index (χ3n) is 11.0. The van der Waals surface area contributed by atoms with Crippen LogP contribution >= 0.6 is 0 Å². The van der Waals surface area contributed by atoms with Crippen molar-refractivity contribution in [2.75, 3.05) is 0 Å². The van der Waals surface area contributed by atoms with Crippen LogP contribution in [0.1, 0.15) is 55.6 Å². The van der Waals surface area contributed by atoms with Crippen molar-refractivity contribution < 1.29 is 19.7 Å². The maximum absolute atomic E-state index is 11.9. The van der Waals surface area contributed by atoms with Crippen molar-refractivity contribution in [3.05, 3.63) is 238 Å². The summed E-state index contributed by atoms with van der Waals surface area (Å²) in [5.74, 6) is 1.96. The zero-order valence-corrected chi connectivity index (χ0v) is 34.1. The zero-order chi connectivity index (χ0) is 42.1. The molecule has 1 aliphatic rings. The van der Waals surface area contributed by atoms with Gasteiger partial charge in [-0.3, -0.25) is 0 Å². The molecule has 2 N–H and O–H groups in total. The summed E-state index contributed by atoms with van der Waals surface area (Å²) >= 11 is 0. The Labute approximate surface area is 361 Å². The van der Waals surface area contributed by atoms with Crippen LogP contribution in [0.3, 0.4) is 0 Å². The Morgan fingerprint density at radius 3 is 0.887 bits per heavy atom. The summed E-state index contributed by atoms with van der Waals surface area (Å²) in [5.41, 5.74) is 11.9. The van der Waals surface area contributed by atoms with E-state index in [9.17, 15) is 10.2 Å². The number of azo groups is 2. The predicted octanol–water partition coefficient (Wildman–Crippen LogP) is 13.8. The molecule has 0 saturated carbocycles. The van der Waals surface area contributed by atoms with E-state index in [0.717, 1.165) is 89.9 Å². The van der Waals surface area contributed by atoms with Gasteiger partial charge in [0.15, 0.2) is 0 Å². The highest BCUT2D eigenvalue weighted by molar-refractivity contribution is 5.56. The van der Waals surface area contributed by atoms with Gasteiger partial charge in [-0.15, -0.1) is 0 Å². The SMILES string of the molecule is Oc1c2cccc1Cc1cccc(c1OCc1ccc(N=Nc3ccccc3)cc1)Cc1cccc(c1O)Cc1cccc(c1OCc1ccc(N=Nc3ccccc3)cc1)C2. The molecule has 1 aliphatic carbocycles. The van der Waals surface area contributed by atoms with Crippen LogP contribution in [0.15, 0.2) is 202 Å². The molecule has 0 aromatic heterocycles. The van der Waals surface area contributed by atoms with Gasteiger partial charge < -0.3 is 19.7 Å². The van der Waals surface area contributed by atoms with Gasteiger partial charge in [0.05, 0.1) is 22.7 Å². The summed E-state index contributed by atoms with van der Waals surface area (Å²) in [4.78, 5) is 0. The lowest BCUT2D eigenvalue weighted by atomic mass is 9.91. The Morgan fingerprint density at radius 2 is 0.581 bits per heavy atom. The molecule has 0 heterocycles. The fourth-order valence-corrected chi connectivity index (χ4v) is 7.73. The molecule has 62 heavy (non-hydrogen) atoms. The fraction of sp³-hybridized carbons (Fsp3) is 0.111. The van der Waals surface area contributed by atoms with Crippen LogP contribution in [0, 0.1) is 0 Å². The Kier molecular flexibility index (Phi) is 11.9. The highest BCUT2D eigenvalue weighted by Gasteiger charge is 2.20. The van der Waals surface area contributed by atoms with E-state index >= 15 is 0 Å². The fourth-order valence-electron chi connectivity index (χ4n) is 7.73. The molecule has 8 heteroatoms. The Bertz CT molecular complexity index is 2580. The van der Waals surface area contributed by atoms with Gasteiger partial charge in [-0.05, 0) is 104 Å². The first-order valence-corrected chi connectivity index (χ1v) is 20.7. The first kappa shape index (κ1) is 39.6. The van der Waals surface area contributed by atoms with Crippen molar-refractivity contribution in [1.82, 2.24) is 0 Å². The molecular formula is C54H44N4O4. The standard InChI is InChI=1S/C54H44N4O4/c59-51-39-11-7-13-41(51)33-45-17-10-18-46(54(45)62-36-38-25-29-50(30-26-38)58-56-48-21-5-2-6-22-48)34-42-14-8-12-40(52(42)60)32-44-16-9-15-43(31-39)53(44)61-35-37-23-27-49(28-24-37)57-55-47-19-3-1-4-20-47/h1-30,59-60H,31-36H2. The Hall–Kier alpha value is -7.84. The third-order valence-corrected chi connectivity index (χ3v) is 11.0. The van der Waals surface area contributed by atoms with E-state index in [4.69, 9.17) is 9.47 Å². The van der Waals surface area contributed by atoms with Crippen LogP contribution in [0.5, 0.6) is 23.0 Å². The lowest BCUT2D eigenvalue weighted by Crippen LogP contribution is -2.06. The minimum absolute atomic E-state index is 0.246. The second-order valence-electron chi connectivity index (χ2n) is 15.3. The first-order valence-electron chi connectivity index (χ1n) is 20.7. The first-order chi connectivity index (χ1) is 30.5. The van der Waals surface area contributed by atoms with Gasteiger partial charge in [-0.25, -0.2) is 0 Å². The maximum Gasteiger partial charge on any atom is 0.126 e. The average molecular weight is 813 g/mol. The maximum atomic E-state index is 11.9. The number of para-hydroxylation sites is 4. The van der Waals surface area contributed by atoms with E-state index in [1.54, 1.807) is 0 Å². The van der Waals surface area contributed by atoms with Crippen molar-refractivity contribution in [2.45, 2.75) is 38.9 Å². The van der Waals surface area contributed by atoms with Crippen LogP contribution < -0.4 is 9.47 Å². The minimum Gasteiger partial charge on any atom is -0.507 e. The van der Waals surface area contributed by atoms with Crippen molar-refractivity contribution in [2.24, 2.45) is 20.5 Å². The van der Waals surface area contributed by atoms with E-state index in [1.165, 1.54) is 0 Å². The molecule has 9 rings (SSSR count). The van der Waals surface area contributed by atoms with Crippen molar-refractivity contribution >= 4 is 22.7 Å². The third kappa shape index (κ3) is 9.46. The molecule has 8 aromatic carbocycles. The van der Waals surface area contributed by atoms with Gasteiger partial charge in [0.2, 0.25) is 0 Å². The van der Waals surface area contributed by atoms with E-state index in [-0.39, 0.29) is 11.5 Å². The van der Waals surface area contributed by atoms with Crippen LogP contribution in [-0.4, -0.2) is 10.2 Å². The molecule has 0 unspecified atom stereocenters. The average Bonchev–Trinajstić information content (AvgIpc) is 3.31. The Morgan fingerprint density at radius 1 is 0.306 bits per heavy atom. The number of nitrogens with zero attached hydrogens (tertiary/aromatic N) is 4. The van der Waals surface area contributed by atoms with Crippen molar-refractivity contribution in [1.29, 1.82) is 0 Å². The molecule has 304 valence electrons. The molecule has 0 fully saturated rings. The summed E-state index contributed by atoms with van der Waals surface area (Å²) in [5, 5.41) is 41.2. The number of rotatable bonds is 10. The molecule has 0 spiro atoms. The van der Waals surface area contributed by atoms with Crippen LogP contribution in [0.25, 0.3) is 0 Å². The van der Waals surface area contributed by atoms with Gasteiger partial charge >= 0.3 is 0 Å². The number of ether oxygens (including phenoxy) is 2. The van der Waals surface area contributed by atoms with Gasteiger partial charge in [0.25, 0.3) is 0 Å². The second-order valence-corrected chi connectivity index (χ2v) is 15.3. The molecule has 0 radical (unpaired) electrons. The molecule has 8 aromatic rings. The largest absolute Gasteiger partial charge is 0.507 e. The topological polar surface area (TPSA) is 108 Å². The molecule has 0 atom stereocenters. The number of fused-ring (bicyclic) bond motifs is 8. The summed E-state index contributed by atoms with van der Waals surface area (Å²) in [6.45, 7) is 0.637. The summed E-state index contributed by atoms with van der Waals surface area (Å²) in [7, 11) is 0. The summed E-state index contributed by atoms with van der Waals surface area (Å²) in [6.07, 6.45) is 1.77. The highest BCUT2D eigenvalue weighted by Crippen LogP contribution is 2.38. The highest BCUT2D eigenvalue weighted by atomic mass is 16.5. The van der Waals surface area contributed by atoms with Gasteiger partial charge in [0.1, 0.15) is 36.2 Å². The number of hydrogen-bond acceptors (Lipinski definition) is 8. The smallest absolute Gasteiger partial charge is 0.126 e. The number of hydrogen-bond donors (Lipinski definition) is 2. The van der Waals surface area contributed by atoms with Gasteiger partial charge in [-0.2, -0.15) is 20.5 Å². The Balaban J connectivity index is 1.01. The van der Waals surface area contributed by atoms with E-state index < -0.39 is 0 Å². The lowest BCUT2D eigenvalue weighted by Gasteiger charge is -2.20. The van der Waals surface area contributed by atoms with E-state index in [1.807, 2.05) is 182 Å². The molecule has 8 bridgehead atoms. The van der Waals surface area contributed by atoms with Crippen LogP contribution in [0.4, 0.5) is 22.7 Å². The second kappa shape index (κ2) is 18.6. The van der Waals surface area contributed by atoms with Crippen molar-refractivity contribution in [3.8, 4) is 23.0 Å². The predicted molar refractivity (Wildman–Crippen MR) is 243 cm³/mol. The number of phenolic OH excluding ortho intramolecular Hbond substituents is 2. The summed E-state index contributed by atoms with van der Waals surface area (Å²) < 4.78 is 13.4. The number of aromatic hydroxyl groups is 2. The normalized spacial score (nSPS) is 12.4. The molecule has 0 amide bonds. The monoisotopic (exact) mass is 812 g/mol. The van der Waals surface area contributed by atoms with E-state index in [0.29, 0.717) is 38.9 Å². The summed E-state index contributed by atoms with van der Waals surface area (Å²) in [6, 6.07) is 59.1. The molecular weight excluding hydrogens is 769 g/mol. The van der Waals surface area contributed by atoms with Gasteiger partial charge in [-0.1, -0.05) is 133 Å². The quantitative estimate of drug-likeness (QED) is 0.134. The van der Waals surface area contributed by atoms with Crippen molar-refractivity contribution in [3.63, 3.8) is 0 Å². The van der Waals surface area contributed by atoms with Crippen LogP contribution in [-0.2, 0) is 38.9 Å². The van der Waals surface area contributed by atoms with E-state index in [2.05, 4.69) is 20.5 Å². The molecule has 0 saturated heterocycles. The molecule has 0 aliphatic heterocycles. The molecule has 8 nitrogen and oxygen atoms in total.